The van der Waals surface area contributed by atoms with Crippen LogP contribution in [0.5, 0.6) is 0 Å². The van der Waals surface area contributed by atoms with Gasteiger partial charge in [0.05, 0.1) is 35.2 Å². The number of hydrogen-bond acceptors (Lipinski definition) is 7. The van der Waals surface area contributed by atoms with Crippen LogP contribution < -0.4 is 4.90 Å². The lowest BCUT2D eigenvalue weighted by molar-refractivity contribution is 0.0572. The van der Waals surface area contributed by atoms with Gasteiger partial charge in [-0.15, -0.1) is 0 Å². The van der Waals surface area contributed by atoms with Crippen molar-refractivity contribution in [1.29, 1.82) is 10.5 Å². The summed E-state index contributed by atoms with van der Waals surface area (Å²) in [6.45, 7) is 0.804. The zero-order chi connectivity index (χ0) is 19.2. The second kappa shape index (κ2) is 8.24. The Kier molecular flexibility index (Phi) is 5.58. The summed E-state index contributed by atoms with van der Waals surface area (Å²) in [5.74, 6) is 0. The van der Waals surface area contributed by atoms with Gasteiger partial charge in [0.25, 0.3) is 0 Å². The molecular weight excluding hydrogens is 342 g/mol. The molecule has 1 fully saturated rings. The van der Waals surface area contributed by atoms with Crippen LogP contribution in [0.1, 0.15) is 5.56 Å². The first-order valence-corrected chi connectivity index (χ1v) is 8.34. The van der Waals surface area contributed by atoms with Crippen LogP contribution in [-0.4, -0.2) is 35.5 Å². The molecule has 1 aliphatic rings. The number of nitrogens with zero attached hydrogens (tertiary/aromatic N) is 5. The van der Waals surface area contributed by atoms with E-state index in [1.807, 2.05) is 41.3 Å². The van der Waals surface area contributed by atoms with E-state index in [9.17, 15) is 10.2 Å². The Morgan fingerprint density at radius 1 is 0.926 bits per heavy atom. The Bertz CT molecular complexity index is 926. The molecule has 0 spiro atoms. The molecule has 0 radical (unpaired) electrons. The van der Waals surface area contributed by atoms with Gasteiger partial charge in [0.2, 0.25) is 0 Å². The number of azo groups is 1. The van der Waals surface area contributed by atoms with E-state index in [2.05, 4.69) is 10.2 Å². The van der Waals surface area contributed by atoms with Gasteiger partial charge in [-0.3, -0.25) is 0 Å². The predicted molar refractivity (Wildman–Crippen MR) is 100 cm³/mol. The summed E-state index contributed by atoms with van der Waals surface area (Å²) in [6.07, 6.45) is -0.245. The molecule has 3 rings (SSSR count). The van der Waals surface area contributed by atoms with Gasteiger partial charge in [0.1, 0.15) is 6.07 Å². The number of aliphatic hydroxyl groups excluding tert-OH is 2. The molecule has 0 aliphatic carbocycles. The number of rotatable bonds is 4. The van der Waals surface area contributed by atoms with Gasteiger partial charge < -0.3 is 15.1 Å². The van der Waals surface area contributed by atoms with Crippen LogP contribution in [-0.2, 0) is 0 Å². The Morgan fingerprint density at radius 3 is 1.93 bits per heavy atom. The highest BCUT2D eigenvalue weighted by Crippen LogP contribution is 2.25. The maximum atomic E-state index is 9.63. The second-order valence-electron chi connectivity index (χ2n) is 6.10. The van der Waals surface area contributed by atoms with Gasteiger partial charge in [-0.05, 0) is 42.0 Å². The zero-order valence-electron chi connectivity index (χ0n) is 14.4. The molecule has 2 unspecified atom stereocenters. The van der Waals surface area contributed by atoms with Crippen LogP contribution in [0.25, 0.3) is 5.57 Å². The summed E-state index contributed by atoms with van der Waals surface area (Å²) in [4.78, 5) is 1.91. The minimum Gasteiger partial charge on any atom is -0.389 e. The minimum absolute atomic E-state index is 0.300. The second-order valence-corrected chi connectivity index (χ2v) is 6.10. The molecule has 2 atom stereocenters. The van der Waals surface area contributed by atoms with E-state index < -0.39 is 12.2 Å². The van der Waals surface area contributed by atoms with Crippen molar-refractivity contribution in [3.05, 3.63) is 60.2 Å². The predicted octanol–water partition coefficient (Wildman–Crippen LogP) is 3.07. The molecule has 1 saturated heterocycles. The number of benzene rings is 2. The van der Waals surface area contributed by atoms with E-state index in [1.54, 1.807) is 24.3 Å². The molecular formula is C20H17N5O2. The van der Waals surface area contributed by atoms with Crippen LogP contribution in [0.2, 0.25) is 0 Å². The SMILES string of the molecule is N#CC=C(C#N)c1ccc(/N=N/c2ccc(N3CC(O)C(O)C3)cc2)cc1. The van der Waals surface area contributed by atoms with Gasteiger partial charge in [0.15, 0.2) is 0 Å². The molecule has 0 bridgehead atoms. The van der Waals surface area contributed by atoms with Gasteiger partial charge in [0, 0.05) is 24.9 Å². The fourth-order valence-electron chi connectivity index (χ4n) is 2.78. The molecule has 1 heterocycles. The normalized spacial score (nSPS) is 19.9. The molecule has 2 aromatic rings. The van der Waals surface area contributed by atoms with Crippen molar-refractivity contribution < 1.29 is 10.2 Å². The number of hydrogen-bond donors (Lipinski definition) is 2. The minimum atomic E-state index is -0.725. The summed E-state index contributed by atoms with van der Waals surface area (Å²) < 4.78 is 0. The first-order valence-electron chi connectivity index (χ1n) is 8.34. The van der Waals surface area contributed by atoms with Gasteiger partial charge in [-0.2, -0.15) is 20.8 Å². The molecule has 2 N–H and O–H groups in total. The summed E-state index contributed by atoms with van der Waals surface area (Å²) >= 11 is 0. The van der Waals surface area contributed by atoms with E-state index in [4.69, 9.17) is 10.5 Å². The summed E-state index contributed by atoms with van der Waals surface area (Å²) in [7, 11) is 0. The first kappa shape index (κ1) is 18.3. The third kappa shape index (κ3) is 4.36. The third-order valence-electron chi connectivity index (χ3n) is 4.26. The topological polar surface area (TPSA) is 116 Å². The molecule has 0 aromatic heterocycles. The number of allylic oxidation sites excluding steroid dienone is 2. The maximum absolute atomic E-state index is 9.63. The average molecular weight is 359 g/mol. The number of aliphatic hydroxyl groups is 2. The van der Waals surface area contributed by atoms with Crippen molar-refractivity contribution in [3.63, 3.8) is 0 Å². The molecule has 0 saturated carbocycles. The van der Waals surface area contributed by atoms with E-state index in [1.165, 1.54) is 6.08 Å². The highest BCUT2D eigenvalue weighted by molar-refractivity contribution is 5.78. The first-order chi connectivity index (χ1) is 13.1. The largest absolute Gasteiger partial charge is 0.389 e. The highest BCUT2D eigenvalue weighted by atomic mass is 16.3. The highest BCUT2D eigenvalue weighted by Gasteiger charge is 2.29. The third-order valence-corrected chi connectivity index (χ3v) is 4.26. The molecule has 7 heteroatoms. The maximum Gasteiger partial charge on any atom is 0.101 e. The van der Waals surface area contributed by atoms with Gasteiger partial charge >= 0.3 is 0 Å². The van der Waals surface area contributed by atoms with Crippen molar-refractivity contribution in [2.45, 2.75) is 12.2 Å². The van der Waals surface area contributed by atoms with Gasteiger partial charge in [-0.25, -0.2) is 0 Å². The Balaban J connectivity index is 1.67. The van der Waals surface area contributed by atoms with Crippen LogP contribution in [0.4, 0.5) is 17.1 Å². The lowest BCUT2D eigenvalue weighted by Crippen LogP contribution is -2.22. The molecule has 2 aromatic carbocycles. The zero-order valence-corrected chi connectivity index (χ0v) is 14.4. The Morgan fingerprint density at radius 2 is 1.44 bits per heavy atom. The van der Waals surface area contributed by atoms with Crippen LogP contribution in [0.15, 0.2) is 64.8 Å². The van der Waals surface area contributed by atoms with Crippen molar-refractivity contribution in [2.24, 2.45) is 10.2 Å². The standard InChI is InChI=1S/C20H17N5O2/c21-10-9-15(11-22)14-1-3-16(4-2-14)23-24-17-5-7-18(8-6-17)25-12-19(26)20(27)13-25/h1-9,19-20,26-27H,12-13H2/b15-9?,24-23+. The average Bonchev–Trinajstić information content (AvgIpc) is 3.04. The smallest absolute Gasteiger partial charge is 0.101 e. The Hall–Kier alpha value is -3.52. The van der Waals surface area contributed by atoms with Crippen LogP contribution >= 0.6 is 0 Å². The number of nitriles is 2. The van der Waals surface area contributed by atoms with Crippen molar-refractivity contribution in [1.82, 2.24) is 0 Å². The lowest BCUT2D eigenvalue weighted by Gasteiger charge is -2.17. The van der Waals surface area contributed by atoms with E-state index >= 15 is 0 Å². The summed E-state index contributed by atoms with van der Waals surface area (Å²) in [5, 5.41) is 45.3. The molecule has 134 valence electrons. The molecule has 27 heavy (non-hydrogen) atoms. The quantitative estimate of drug-likeness (QED) is 0.643. The van der Waals surface area contributed by atoms with Crippen molar-refractivity contribution in [2.75, 3.05) is 18.0 Å². The Labute approximate surface area is 156 Å². The molecule has 1 aliphatic heterocycles. The molecule has 7 nitrogen and oxygen atoms in total. The van der Waals surface area contributed by atoms with Crippen molar-refractivity contribution >= 4 is 22.6 Å². The van der Waals surface area contributed by atoms with Gasteiger partial charge in [-0.1, -0.05) is 12.1 Å². The molecule has 0 amide bonds. The van der Waals surface area contributed by atoms with Crippen LogP contribution in [0.3, 0.4) is 0 Å². The number of β-amino-alcohol motifs (C(OH)–C–C–N with tert-alkyl or cyclic N) is 2. The van der Waals surface area contributed by atoms with E-state index in [0.717, 1.165) is 5.69 Å². The fourth-order valence-corrected chi connectivity index (χ4v) is 2.78. The van der Waals surface area contributed by atoms with E-state index in [-0.39, 0.29) is 0 Å². The van der Waals surface area contributed by atoms with E-state index in [0.29, 0.717) is 35.6 Å². The van der Waals surface area contributed by atoms with Crippen LogP contribution in [0, 0.1) is 22.7 Å². The lowest BCUT2D eigenvalue weighted by atomic mass is 10.1. The summed E-state index contributed by atoms with van der Waals surface area (Å²) in [5.41, 5.74) is 3.15. The fraction of sp³-hybridized carbons (Fsp3) is 0.200. The monoisotopic (exact) mass is 359 g/mol. The van der Waals surface area contributed by atoms with Crippen molar-refractivity contribution in [3.8, 4) is 12.1 Å². The summed E-state index contributed by atoms with van der Waals surface area (Å²) in [6, 6.07) is 18.1. The number of anilines is 1.